The number of rotatable bonds is 5. The number of nitrogens with one attached hydrogen (secondary N) is 1. The lowest BCUT2D eigenvalue weighted by Gasteiger charge is -2.16. The van der Waals surface area contributed by atoms with Gasteiger partial charge in [-0.25, -0.2) is 4.98 Å². The first kappa shape index (κ1) is 18.2. The van der Waals surface area contributed by atoms with Crippen molar-refractivity contribution in [1.82, 2.24) is 9.88 Å². The predicted octanol–water partition coefficient (Wildman–Crippen LogP) is 2.58. The van der Waals surface area contributed by atoms with E-state index in [0.717, 1.165) is 24.5 Å². The summed E-state index contributed by atoms with van der Waals surface area (Å²) < 4.78 is 0. The Labute approximate surface area is 163 Å². The van der Waals surface area contributed by atoms with Crippen LogP contribution in [-0.4, -0.2) is 40.7 Å². The zero-order valence-corrected chi connectivity index (χ0v) is 15.6. The normalized spacial score (nSPS) is 16.7. The standard InChI is InChI=1S/C21H22N4O3/c26-19-9-10-20(27)25(19)14-15-3-5-16(6-4-15)21(28)23-17-7-8-18(22-13-17)24-11-1-2-12-24/h3-8,13H,1-2,9-12,14H2,(H,23,28). The highest BCUT2D eigenvalue weighted by molar-refractivity contribution is 6.04. The molecule has 0 radical (unpaired) electrons. The van der Waals surface area contributed by atoms with Crippen LogP contribution in [0.1, 0.15) is 41.6 Å². The van der Waals surface area contributed by atoms with Crippen molar-refractivity contribution in [2.75, 3.05) is 23.3 Å². The zero-order valence-electron chi connectivity index (χ0n) is 15.6. The Bertz CT molecular complexity index is 871. The van der Waals surface area contributed by atoms with Gasteiger partial charge in [0.05, 0.1) is 18.4 Å². The molecule has 28 heavy (non-hydrogen) atoms. The molecule has 1 aromatic carbocycles. The van der Waals surface area contributed by atoms with E-state index in [1.807, 2.05) is 12.1 Å². The average molecular weight is 378 g/mol. The maximum absolute atomic E-state index is 12.4. The van der Waals surface area contributed by atoms with Crippen LogP contribution in [0.3, 0.4) is 0 Å². The molecule has 7 nitrogen and oxygen atoms in total. The summed E-state index contributed by atoms with van der Waals surface area (Å²) in [7, 11) is 0. The molecule has 0 unspecified atom stereocenters. The van der Waals surface area contributed by atoms with Gasteiger partial charge in [-0.05, 0) is 42.7 Å². The Morgan fingerprint density at radius 1 is 0.964 bits per heavy atom. The molecule has 1 N–H and O–H groups in total. The molecule has 2 saturated heterocycles. The molecule has 0 atom stereocenters. The number of nitrogens with zero attached hydrogens (tertiary/aromatic N) is 3. The number of hydrogen-bond donors (Lipinski definition) is 1. The van der Waals surface area contributed by atoms with Crippen LogP contribution in [0.25, 0.3) is 0 Å². The lowest BCUT2D eigenvalue weighted by molar-refractivity contribution is -0.139. The maximum atomic E-state index is 12.4. The fourth-order valence-corrected chi connectivity index (χ4v) is 3.54. The number of carbonyl (C=O) groups excluding carboxylic acids is 3. The first-order valence-electron chi connectivity index (χ1n) is 9.55. The Morgan fingerprint density at radius 3 is 2.25 bits per heavy atom. The zero-order chi connectivity index (χ0) is 19.5. The summed E-state index contributed by atoms with van der Waals surface area (Å²) in [5, 5.41) is 2.84. The van der Waals surface area contributed by atoms with Crippen LogP contribution in [0, 0.1) is 0 Å². The van der Waals surface area contributed by atoms with Gasteiger partial charge in [0.2, 0.25) is 11.8 Å². The fourth-order valence-electron chi connectivity index (χ4n) is 3.54. The number of likely N-dealkylation sites (tertiary alicyclic amines) is 1. The fraction of sp³-hybridized carbons (Fsp3) is 0.333. The van der Waals surface area contributed by atoms with Crippen molar-refractivity contribution in [3.8, 4) is 0 Å². The minimum atomic E-state index is -0.226. The summed E-state index contributed by atoms with van der Waals surface area (Å²) in [5.41, 5.74) is 1.97. The quantitative estimate of drug-likeness (QED) is 0.809. The summed E-state index contributed by atoms with van der Waals surface area (Å²) in [4.78, 5) is 43.8. The van der Waals surface area contributed by atoms with E-state index in [9.17, 15) is 14.4 Å². The van der Waals surface area contributed by atoms with Gasteiger partial charge in [0.15, 0.2) is 0 Å². The molecule has 2 fully saturated rings. The van der Waals surface area contributed by atoms with Crippen molar-refractivity contribution < 1.29 is 14.4 Å². The number of benzene rings is 1. The van der Waals surface area contributed by atoms with Gasteiger partial charge in [0, 0.05) is 31.5 Å². The molecule has 3 heterocycles. The average Bonchev–Trinajstić information content (AvgIpc) is 3.35. The number of aromatic nitrogens is 1. The SMILES string of the molecule is O=C(Nc1ccc(N2CCCC2)nc1)c1ccc(CN2C(=O)CCC2=O)cc1. The largest absolute Gasteiger partial charge is 0.357 e. The highest BCUT2D eigenvalue weighted by Crippen LogP contribution is 2.20. The Morgan fingerprint density at radius 2 is 1.64 bits per heavy atom. The number of imide groups is 1. The van der Waals surface area contributed by atoms with Crippen molar-refractivity contribution in [3.05, 3.63) is 53.7 Å². The van der Waals surface area contributed by atoms with Crippen LogP contribution in [0.4, 0.5) is 11.5 Å². The summed E-state index contributed by atoms with van der Waals surface area (Å²) in [6, 6.07) is 10.7. The van der Waals surface area contributed by atoms with Crippen molar-refractivity contribution in [1.29, 1.82) is 0 Å². The van der Waals surface area contributed by atoms with Crippen molar-refractivity contribution >= 4 is 29.2 Å². The van der Waals surface area contributed by atoms with Crippen LogP contribution in [0.5, 0.6) is 0 Å². The molecule has 0 saturated carbocycles. The van der Waals surface area contributed by atoms with Gasteiger partial charge in [0.25, 0.3) is 5.91 Å². The molecule has 2 aliphatic heterocycles. The number of amides is 3. The second-order valence-corrected chi connectivity index (χ2v) is 7.12. The number of carbonyl (C=O) groups is 3. The number of anilines is 2. The van der Waals surface area contributed by atoms with Gasteiger partial charge < -0.3 is 10.2 Å². The van der Waals surface area contributed by atoms with Gasteiger partial charge in [-0.2, -0.15) is 0 Å². The first-order valence-corrected chi connectivity index (χ1v) is 9.55. The second kappa shape index (κ2) is 7.80. The third-order valence-electron chi connectivity index (χ3n) is 5.15. The molecule has 4 rings (SSSR count). The third kappa shape index (κ3) is 3.88. The highest BCUT2D eigenvalue weighted by Gasteiger charge is 2.28. The smallest absolute Gasteiger partial charge is 0.255 e. The van der Waals surface area contributed by atoms with Crippen LogP contribution in [0.15, 0.2) is 42.6 Å². The minimum absolute atomic E-state index is 0.142. The van der Waals surface area contributed by atoms with Crippen LogP contribution < -0.4 is 10.2 Å². The lowest BCUT2D eigenvalue weighted by Crippen LogP contribution is -2.28. The van der Waals surface area contributed by atoms with Gasteiger partial charge >= 0.3 is 0 Å². The van der Waals surface area contributed by atoms with E-state index in [0.29, 0.717) is 11.3 Å². The van der Waals surface area contributed by atoms with E-state index >= 15 is 0 Å². The van der Waals surface area contributed by atoms with Crippen molar-refractivity contribution in [3.63, 3.8) is 0 Å². The van der Waals surface area contributed by atoms with E-state index in [4.69, 9.17) is 0 Å². The molecular formula is C21H22N4O3. The molecule has 0 aliphatic carbocycles. The molecule has 3 amide bonds. The van der Waals surface area contributed by atoms with Crippen LogP contribution >= 0.6 is 0 Å². The predicted molar refractivity (Wildman–Crippen MR) is 105 cm³/mol. The topological polar surface area (TPSA) is 82.6 Å². The van der Waals surface area contributed by atoms with E-state index in [2.05, 4.69) is 15.2 Å². The second-order valence-electron chi connectivity index (χ2n) is 7.12. The molecule has 2 aliphatic rings. The molecule has 0 spiro atoms. The Kier molecular flexibility index (Phi) is 5.06. The molecule has 0 bridgehead atoms. The molecule has 144 valence electrons. The van der Waals surface area contributed by atoms with Crippen molar-refractivity contribution in [2.24, 2.45) is 0 Å². The van der Waals surface area contributed by atoms with Crippen molar-refractivity contribution in [2.45, 2.75) is 32.2 Å². The Hall–Kier alpha value is -3.22. The number of hydrogen-bond acceptors (Lipinski definition) is 5. The minimum Gasteiger partial charge on any atom is -0.357 e. The molecule has 7 heteroatoms. The summed E-state index contributed by atoms with van der Waals surface area (Å²) in [5.74, 6) is 0.426. The monoisotopic (exact) mass is 378 g/mol. The van der Waals surface area contributed by atoms with Gasteiger partial charge in [-0.15, -0.1) is 0 Å². The molecule has 2 aromatic rings. The molecule has 1 aromatic heterocycles. The lowest BCUT2D eigenvalue weighted by atomic mass is 10.1. The van der Waals surface area contributed by atoms with Crippen LogP contribution in [-0.2, 0) is 16.1 Å². The van der Waals surface area contributed by atoms with Gasteiger partial charge in [-0.3, -0.25) is 19.3 Å². The van der Waals surface area contributed by atoms with Gasteiger partial charge in [-0.1, -0.05) is 12.1 Å². The number of pyridine rings is 1. The summed E-state index contributed by atoms with van der Waals surface area (Å²) in [6.45, 7) is 2.31. The Balaban J connectivity index is 1.36. The van der Waals surface area contributed by atoms with Gasteiger partial charge in [0.1, 0.15) is 5.82 Å². The highest BCUT2D eigenvalue weighted by atomic mass is 16.2. The summed E-state index contributed by atoms with van der Waals surface area (Å²) >= 11 is 0. The maximum Gasteiger partial charge on any atom is 0.255 e. The van der Waals surface area contributed by atoms with E-state index in [1.54, 1.807) is 30.5 Å². The van der Waals surface area contributed by atoms with E-state index in [1.165, 1.54) is 17.7 Å². The van der Waals surface area contributed by atoms with E-state index < -0.39 is 0 Å². The molecular weight excluding hydrogens is 356 g/mol. The third-order valence-corrected chi connectivity index (χ3v) is 5.15. The van der Waals surface area contributed by atoms with Crippen LogP contribution in [0.2, 0.25) is 0 Å². The first-order chi connectivity index (χ1) is 13.6. The summed E-state index contributed by atoms with van der Waals surface area (Å²) in [6.07, 6.45) is 4.62. The van der Waals surface area contributed by atoms with E-state index in [-0.39, 0.29) is 37.1 Å².